The van der Waals surface area contributed by atoms with Gasteiger partial charge in [0.1, 0.15) is 16.2 Å². The zero-order valence-electron chi connectivity index (χ0n) is 10.3. The van der Waals surface area contributed by atoms with Gasteiger partial charge in [0.15, 0.2) is 0 Å². The minimum Gasteiger partial charge on any atom is -0.339 e. The van der Waals surface area contributed by atoms with E-state index < -0.39 is 0 Å². The zero-order chi connectivity index (χ0) is 13.8. The lowest BCUT2D eigenvalue weighted by molar-refractivity contribution is 0.831. The number of nitrogens with zero attached hydrogens (tertiary/aromatic N) is 2. The highest BCUT2D eigenvalue weighted by Crippen LogP contribution is 2.32. The van der Waals surface area contributed by atoms with Crippen molar-refractivity contribution in [2.75, 3.05) is 5.32 Å². The van der Waals surface area contributed by atoms with E-state index >= 15 is 0 Å². The molecule has 0 fully saturated rings. The minimum absolute atomic E-state index is 0.659. The van der Waals surface area contributed by atoms with Gasteiger partial charge < -0.3 is 5.32 Å². The van der Waals surface area contributed by atoms with E-state index in [1.54, 1.807) is 0 Å². The fraction of sp³-hybridized carbons (Fsp3) is 0.231. The van der Waals surface area contributed by atoms with E-state index in [0.29, 0.717) is 5.02 Å². The van der Waals surface area contributed by atoms with E-state index in [-0.39, 0.29) is 0 Å². The van der Waals surface area contributed by atoms with Crippen LogP contribution in [0.2, 0.25) is 5.02 Å². The van der Waals surface area contributed by atoms with Crippen LogP contribution in [0, 0.1) is 0 Å². The van der Waals surface area contributed by atoms with Gasteiger partial charge in [-0.1, -0.05) is 24.6 Å². The molecule has 1 aromatic heterocycles. The number of aryl methyl sites for hydroxylation is 1. The van der Waals surface area contributed by atoms with Gasteiger partial charge in [-0.05, 0) is 50.4 Å². The molecule has 1 heterocycles. The van der Waals surface area contributed by atoms with Crippen LogP contribution in [0.4, 0.5) is 11.5 Å². The lowest BCUT2D eigenvalue weighted by Gasteiger charge is -2.10. The zero-order valence-corrected chi connectivity index (χ0v) is 14.2. The summed E-state index contributed by atoms with van der Waals surface area (Å²) >= 11 is 12.9. The van der Waals surface area contributed by atoms with Crippen LogP contribution >= 0.6 is 43.5 Å². The summed E-state index contributed by atoms with van der Waals surface area (Å²) in [5.41, 5.74) is 0.876. The Kier molecular flexibility index (Phi) is 5.19. The van der Waals surface area contributed by atoms with E-state index in [1.165, 1.54) is 0 Å². The van der Waals surface area contributed by atoms with Crippen molar-refractivity contribution in [2.45, 2.75) is 19.8 Å². The summed E-state index contributed by atoms with van der Waals surface area (Å²) in [5, 5.41) is 3.90. The van der Waals surface area contributed by atoms with Crippen molar-refractivity contribution in [3.05, 3.63) is 44.2 Å². The van der Waals surface area contributed by atoms with E-state index in [9.17, 15) is 0 Å². The number of hydrogen-bond acceptors (Lipinski definition) is 3. The highest BCUT2D eigenvalue weighted by Gasteiger charge is 2.07. The minimum atomic E-state index is 0.659. The summed E-state index contributed by atoms with van der Waals surface area (Å²) in [5.74, 6) is 1.56. The molecular formula is C13H12Br2ClN3. The molecule has 1 aromatic carbocycles. The topological polar surface area (TPSA) is 37.8 Å². The number of anilines is 2. The molecule has 0 saturated carbocycles. The molecule has 0 atom stereocenters. The van der Waals surface area contributed by atoms with Gasteiger partial charge in [0.05, 0.1) is 15.2 Å². The van der Waals surface area contributed by atoms with Crippen LogP contribution in [0.1, 0.15) is 19.2 Å². The third-order valence-electron chi connectivity index (χ3n) is 2.43. The summed E-state index contributed by atoms with van der Waals surface area (Å²) < 4.78 is 1.59. The van der Waals surface area contributed by atoms with Crippen molar-refractivity contribution in [2.24, 2.45) is 0 Å². The average Bonchev–Trinajstić information content (AvgIpc) is 2.35. The Morgan fingerprint density at radius 2 is 2.05 bits per heavy atom. The molecule has 6 heteroatoms. The van der Waals surface area contributed by atoms with Crippen LogP contribution in [-0.2, 0) is 6.42 Å². The Morgan fingerprint density at radius 1 is 1.26 bits per heavy atom. The molecule has 0 bridgehead atoms. The van der Waals surface area contributed by atoms with Crippen molar-refractivity contribution < 1.29 is 0 Å². The molecule has 0 spiro atoms. The van der Waals surface area contributed by atoms with Gasteiger partial charge in [-0.3, -0.25) is 0 Å². The van der Waals surface area contributed by atoms with Crippen LogP contribution in [0.5, 0.6) is 0 Å². The van der Waals surface area contributed by atoms with Crippen LogP contribution in [0.25, 0.3) is 0 Å². The lowest BCUT2D eigenvalue weighted by Crippen LogP contribution is -2.01. The van der Waals surface area contributed by atoms with Crippen molar-refractivity contribution in [1.29, 1.82) is 0 Å². The first kappa shape index (κ1) is 14.8. The second-order valence-electron chi connectivity index (χ2n) is 3.97. The smallest absolute Gasteiger partial charge is 0.135 e. The van der Waals surface area contributed by atoms with Gasteiger partial charge in [0, 0.05) is 12.5 Å². The fourth-order valence-electron chi connectivity index (χ4n) is 1.60. The predicted octanol–water partition coefficient (Wildman–Crippen LogP) is 5.35. The van der Waals surface area contributed by atoms with Crippen LogP contribution < -0.4 is 5.32 Å². The number of halogens is 3. The molecule has 2 rings (SSSR count). The number of aromatic nitrogens is 2. The molecule has 0 saturated heterocycles. The second kappa shape index (κ2) is 6.68. The second-order valence-corrected chi connectivity index (χ2v) is 5.98. The van der Waals surface area contributed by atoms with Crippen molar-refractivity contribution in [3.8, 4) is 0 Å². The largest absolute Gasteiger partial charge is 0.339 e. The maximum Gasteiger partial charge on any atom is 0.135 e. The summed E-state index contributed by atoms with van der Waals surface area (Å²) in [6.07, 6.45) is 1.86. The van der Waals surface area contributed by atoms with Crippen molar-refractivity contribution in [3.63, 3.8) is 0 Å². The summed E-state index contributed by atoms with van der Waals surface area (Å²) in [6, 6.07) is 7.49. The molecule has 2 aromatic rings. The maximum atomic E-state index is 6.06. The standard InChI is InChI=1S/C13H12Br2ClN3/c1-2-4-11-18-10(14)7-12(19-11)17-9-6-3-5-8(16)13(9)15/h3,5-7H,2,4H2,1H3,(H,17,18,19). The molecule has 0 aliphatic heterocycles. The average molecular weight is 406 g/mol. The molecule has 0 amide bonds. The molecule has 100 valence electrons. The predicted molar refractivity (Wildman–Crippen MR) is 86.2 cm³/mol. The first-order valence-corrected chi connectivity index (χ1v) is 7.81. The van der Waals surface area contributed by atoms with Crippen molar-refractivity contribution in [1.82, 2.24) is 9.97 Å². The normalized spacial score (nSPS) is 10.5. The fourth-order valence-corrected chi connectivity index (χ4v) is 2.56. The van der Waals surface area contributed by atoms with E-state index in [0.717, 1.165) is 39.2 Å². The van der Waals surface area contributed by atoms with Crippen LogP contribution in [0.3, 0.4) is 0 Å². The number of rotatable bonds is 4. The summed E-state index contributed by atoms with van der Waals surface area (Å²) in [4.78, 5) is 8.81. The molecule has 19 heavy (non-hydrogen) atoms. The maximum absolute atomic E-state index is 6.06. The Balaban J connectivity index is 2.30. The van der Waals surface area contributed by atoms with Gasteiger partial charge in [-0.15, -0.1) is 0 Å². The third-order valence-corrected chi connectivity index (χ3v) is 4.23. The lowest BCUT2D eigenvalue weighted by atomic mass is 10.3. The van der Waals surface area contributed by atoms with E-state index in [1.807, 2.05) is 24.3 Å². The van der Waals surface area contributed by atoms with Gasteiger partial charge >= 0.3 is 0 Å². The molecule has 1 N–H and O–H groups in total. The Bertz CT molecular complexity index is 590. The number of hydrogen-bond donors (Lipinski definition) is 1. The van der Waals surface area contributed by atoms with E-state index in [4.69, 9.17) is 11.6 Å². The summed E-state index contributed by atoms with van der Waals surface area (Å²) in [6.45, 7) is 2.10. The third kappa shape index (κ3) is 3.91. The molecule has 0 unspecified atom stereocenters. The van der Waals surface area contributed by atoms with Crippen LogP contribution in [0.15, 0.2) is 33.3 Å². The SMILES string of the molecule is CCCc1nc(Br)cc(Nc2cccc(Cl)c2Br)n1. The van der Waals surface area contributed by atoms with Crippen LogP contribution in [-0.4, -0.2) is 9.97 Å². The number of benzene rings is 1. The van der Waals surface area contributed by atoms with Gasteiger partial charge in [0.25, 0.3) is 0 Å². The first-order chi connectivity index (χ1) is 9.10. The monoisotopic (exact) mass is 403 g/mol. The molecule has 0 radical (unpaired) electrons. The molecular weight excluding hydrogens is 393 g/mol. The Labute approximate surface area is 134 Å². The van der Waals surface area contributed by atoms with Gasteiger partial charge in [-0.25, -0.2) is 9.97 Å². The Morgan fingerprint density at radius 3 is 2.79 bits per heavy atom. The highest BCUT2D eigenvalue weighted by atomic mass is 79.9. The van der Waals surface area contributed by atoms with E-state index in [2.05, 4.69) is 54.1 Å². The quantitative estimate of drug-likeness (QED) is 0.697. The summed E-state index contributed by atoms with van der Waals surface area (Å²) in [7, 11) is 0. The molecule has 3 nitrogen and oxygen atoms in total. The van der Waals surface area contributed by atoms with Crippen molar-refractivity contribution >= 4 is 55.0 Å². The number of nitrogens with one attached hydrogen (secondary N) is 1. The first-order valence-electron chi connectivity index (χ1n) is 5.84. The molecule has 0 aliphatic carbocycles. The highest BCUT2D eigenvalue weighted by molar-refractivity contribution is 9.10. The molecule has 0 aliphatic rings. The Hall–Kier alpha value is -0.650. The van der Waals surface area contributed by atoms with Gasteiger partial charge in [0.2, 0.25) is 0 Å². The van der Waals surface area contributed by atoms with Gasteiger partial charge in [-0.2, -0.15) is 0 Å².